The fourth-order valence-electron chi connectivity index (χ4n) is 2.79. The van der Waals surface area contributed by atoms with E-state index in [0.717, 1.165) is 18.8 Å². The van der Waals surface area contributed by atoms with E-state index in [9.17, 15) is 9.90 Å². The first-order valence-corrected chi connectivity index (χ1v) is 7.38. The number of hydrogen-bond donors (Lipinski definition) is 3. The second kappa shape index (κ2) is 6.23. The van der Waals surface area contributed by atoms with Gasteiger partial charge in [0.15, 0.2) is 5.60 Å². The minimum atomic E-state index is -1.67. The molecule has 0 aromatic carbocycles. The molecule has 0 heterocycles. The highest BCUT2D eigenvalue weighted by molar-refractivity contribution is 5.76. The molecule has 1 rings (SSSR count). The predicted molar refractivity (Wildman–Crippen MR) is 76.1 cm³/mol. The fraction of sp³-hybridized carbons (Fsp3) is 0.933. The molecule has 0 saturated heterocycles. The van der Waals surface area contributed by atoms with Gasteiger partial charge in [-0.1, -0.05) is 27.2 Å². The molecule has 1 atom stereocenters. The van der Waals surface area contributed by atoms with Crippen molar-refractivity contribution < 1.29 is 15.0 Å². The zero-order valence-electron chi connectivity index (χ0n) is 12.7. The molecular weight excluding hydrogens is 242 g/mol. The van der Waals surface area contributed by atoms with Gasteiger partial charge in [-0.05, 0) is 43.9 Å². The van der Waals surface area contributed by atoms with Crippen LogP contribution < -0.4 is 5.32 Å². The summed E-state index contributed by atoms with van der Waals surface area (Å²) in [6.07, 6.45) is 5.72. The van der Waals surface area contributed by atoms with Crippen LogP contribution in [0.15, 0.2) is 0 Å². The summed E-state index contributed by atoms with van der Waals surface area (Å²) in [5, 5.41) is 21.7. The average Bonchev–Trinajstić information content (AvgIpc) is 2.37. The highest BCUT2D eigenvalue weighted by Gasteiger charge is 2.34. The Kier molecular flexibility index (Phi) is 5.39. The molecule has 1 aliphatic rings. The Hall–Kier alpha value is -0.610. The monoisotopic (exact) mass is 271 g/mol. The zero-order valence-corrected chi connectivity index (χ0v) is 12.7. The van der Waals surface area contributed by atoms with Crippen LogP contribution in [0, 0.1) is 11.3 Å². The molecule has 19 heavy (non-hydrogen) atoms. The van der Waals surface area contributed by atoms with Crippen LogP contribution >= 0.6 is 0 Å². The van der Waals surface area contributed by atoms with Gasteiger partial charge >= 0.3 is 5.97 Å². The second-order valence-corrected chi connectivity index (χ2v) is 6.85. The van der Waals surface area contributed by atoms with Crippen LogP contribution in [-0.4, -0.2) is 34.4 Å². The maximum Gasteiger partial charge on any atom is 0.336 e. The van der Waals surface area contributed by atoms with E-state index in [1.54, 1.807) is 0 Å². The smallest absolute Gasteiger partial charge is 0.336 e. The highest BCUT2D eigenvalue weighted by atomic mass is 16.4. The van der Waals surface area contributed by atoms with Gasteiger partial charge in [-0.15, -0.1) is 0 Å². The Balaban J connectivity index is 2.37. The number of aliphatic hydroxyl groups is 1. The van der Waals surface area contributed by atoms with E-state index >= 15 is 0 Å². The van der Waals surface area contributed by atoms with Crippen LogP contribution in [0.4, 0.5) is 0 Å². The third-order valence-electron chi connectivity index (χ3n) is 4.94. The topological polar surface area (TPSA) is 69.6 Å². The summed E-state index contributed by atoms with van der Waals surface area (Å²) in [6, 6.07) is 0.342. The van der Waals surface area contributed by atoms with Gasteiger partial charge in [-0.3, -0.25) is 0 Å². The van der Waals surface area contributed by atoms with Gasteiger partial charge in [0.05, 0.1) is 0 Å². The van der Waals surface area contributed by atoms with E-state index in [4.69, 9.17) is 5.11 Å². The Morgan fingerprint density at radius 3 is 2.16 bits per heavy atom. The van der Waals surface area contributed by atoms with Crippen molar-refractivity contribution >= 4 is 5.97 Å². The van der Waals surface area contributed by atoms with E-state index < -0.39 is 11.6 Å². The lowest BCUT2D eigenvalue weighted by molar-refractivity contribution is -0.156. The molecule has 0 aromatic heterocycles. The first-order valence-electron chi connectivity index (χ1n) is 7.38. The third kappa shape index (κ3) is 4.46. The van der Waals surface area contributed by atoms with E-state index in [1.807, 2.05) is 0 Å². The van der Waals surface area contributed by atoms with Crippen LogP contribution in [0.5, 0.6) is 0 Å². The summed E-state index contributed by atoms with van der Waals surface area (Å²) in [4.78, 5) is 10.8. The van der Waals surface area contributed by atoms with Crippen LogP contribution in [0.1, 0.15) is 59.8 Å². The molecule has 3 N–H and O–H groups in total. The molecule has 0 amide bonds. The van der Waals surface area contributed by atoms with Crippen molar-refractivity contribution in [3.8, 4) is 0 Å². The fourth-order valence-corrected chi connectivity index (χ4v) is 2.79. The predicted octanol–water partition coefficient (Wildman–Crippen LogP) is 2.41. The molecule has 4 heteroatoms. The quantitative estimate of drug-likeness (QED) is 0.694. The average molecular weight is 271 g/mol. The van der Waals surface area contributed by atoms with Gasteiger partial charge in [-0.25, -0.2) is 4.79 Å². The largest absolute Gasteiger partial charge is 0.479 e. The molecule has 1 fully saturated rings. The van der Waals surface area contributed by atoms with Gasteiger partial charge < -0.3 is 15.5 Å². The standard InChI is InChI=1S/C15H29NO3/c1-5-14(2,3)11-6-8-12(9-7-11)16-10-15(4,19)13(17)18/h11-12,16,19H,5-10H2,1-4H3,(H,17,18). The molecule has 4 nitrogen and oxygen atoms in total. The van der Waals surface area contributed by atoms with Crippen molar-refractivity contribution in [2.24, 2.45) is 11.3 Å². The number of carboxylic acid groups (broad SMARTS) is 1. The Bertz CT molecular complexity index is 305. The zero-order chi connectivity index (χ0) is 14.7. The van der Waals surface area contributed by atoms with Crippen molar-refractivity contribution in [2.45, 2.75) is 71.4 Å². The number of hydrogen-bond acceptors (Lipinski definition) is 3. The van der Waals surface area contributed by atoms with E-state index in [2.05, 4.69) is 26.1 Å². The highest BCUT2D eigenvalue weighted by Crippen LogP contribution is 2.40. The molecular formula is C15H29NO3. The summed E-state index contributed by atoms with van der Waals surface area (Å²) in [5.74, 6) is -0.406. The molecule has 0 aliphatic heterocycles. The number of aliphatic carboxylic acids is 1. The molecule has 0 aromatic rings. The van der Waals surface area contributed by atoms with E-state index in [-0.39, 0.29) is 6.54 Å². The van der Waals surface area contributed by atoms with Gasteiger partial charge in [0.1, 0.15) is 0 Å². The molecule has 1 aliphatic carbocycles. The van der Waals surface area contributed by atoms with Gasteiger partial charge in [0.25, 0.3) is 0 Å². The summed E-state index contributed by atoms with van der Waals surface area (Å²) in [7, 11) is 0. The van der Waals surface area contributed by atoms with Crippen molar-refractivity contribution in [2.75, 3.05) is 6.54 Å². The summed E-state index contributed by atoms with van der Waals surface area (Å²) < 4.78 is 0. The normalized spacial score (nSPS) is 27.8. The van der Waals surface area contributed by atoms with Crippen LogP contribution in [0.3, 0.4) is 0 Å². The van der Waals surface area contributed by atoms with Crippen molar-refractivity contribution in [3.05, 3.63) is 0 Å². The molecule has 0 spiro atoms. The SMILES string of the molecule is CCC(C)(C)C1CCC(NCC(C)(O)C(=O)O)CC1. The summed E-state index contributed by atoms with van der Waals surface area (Å²) in [5.41, 5.74) is -1.27. The minimum Gasteiger partial charge on any atom is -0.479 e. The molecule has 112 valence electrons. The Morgan fingerprint density at radius 2 is 1.74 bits per heavy atom. The number of nitrogens with one attached hydrogen (secondary N) is 1. The van der Waals surface area contributed by atoms with Crippen LogP contribution in [-0.2, 0) is 4.79 Å². The number of carboxylic acids is 1. The van der Waals surface area contributed by atoms with Gasteiger partial charge in [0, 0.05) is 12.6 Å². The second-order valence-electron chi connectivity index (χ2n) is 6.85. The van der Waals surface area contributed by atoms with Crippen molar-refractivity contribution in [1.29, 1.82) is 0 Å². The molecule has 0 bridgehead atoms. The minimum absolute atomic E-state index is 0.120. The van der Waals surface area contributed by atoms with E-state index in [0.29, 0.717) is 11.5 Å². The van der Waals surface area contributed by atoms with Crippen LogP contribution in [0.2, 0.25) is 0 Å². The van der Waals surface area contributed by atoms with Crippen molar-refractivity contribution in [3.63, 3.8) is 0 Å². The third-order valence-corrected chi connectivity index (χ3v) is 4.94. The Labute approximate surface area is 116 Å². The summed E-state index contributed by atoms with van der Waals surface area (Å²) >= 11 is 0. The molecule has 1 saturated carbocycles. The Morgan fingerprint density at radius 1 is 1.21 bits per heavy atom. The molecule has 0 radical (unpaired) electrons. The number of carbonyl (C=O) groups is 1. The van der Waals surface area contributed by atoms with Crippen LogP contribution in [0.25, 0.3) is 0 Å². The lowest BCUT2D eigenvalue weighted by Gasteiger charge is -2.39. The van der Waals surface area contributed by atoms with Gasteiger partial charge in [-0.2, -0.15) is 0 Å². The lowest BCUT2D eigenvalue weighted by atomic mass is 9.69. The maximum absolute atomic E-state index is 10.8. The first kappa shape index (κ1) is 16.4. The van der Waals surface area contributed by atoms with E-state index in [1.165, 1.54) is 26.2 Å². The van der Waals surface area contributed by atoms with Gasteiger partial charge in [0.2, 0.25) is 0 Å². The lowest BCUT2D eigenvalue weighted by Crippen LogP contribution is -2.48. The summed E-state index contributed by atoms with van der Waals surface area (Å²) in [6.45, 7) is 8.37. The first-order chi connectivity index (χ1) is 8.69. The van der Waals surface area contributed by atoms with Crippen molar-refractivity contribution in [1.82, 2.24) is 5.32 Å². The number of rotatable bonds is 6. The molecule has 1 unspecified atom stereocenters. The maximum atomic E-state index is 10.8.